The van der Waals surface area contributed by atoms with Crippen molar-refractivity contribution in [1.82, 2.24) is 5.32 Å². The number of amides is 1. The zero-order valence-corrected chi connectivity index (χ0v) is 10.5. The molecule has 0 saturated heterocycles. The Bertz CT molecular complexity index is 399. The second-order valence-electron chi connectivity index (χ2n) is 3.98. The standard InChI is InChI=1S/C14H19NO2/c1-4-5-8-15-14(16)10-17-13-7-6-11(2)9-12(13)3/h4,6-7,9H,1,5,8,10H2,2-3H3,(H,15,16). The van der Waals surface area contributed by atoms with Gasteiger partial charge in [-0.25, -0.2) is 0 Å². The first-order chi connectivity index (χ1) is 8.13. The summed E-state index contributed by atoms with van der Waals surface area (Å²) < 4.78 is 5.45. The number of hydrogen-bond donors (Lipinski definition) is 1. The number of aryl methyl sites for hydroxylation is 2. The maximum Gasteiger partial charge on any atom is 0.257 e. The molecule has 0 atom stereocenters. The number of benzene rings is 1. The summed E-state index contributed by atoms with van der Waals surface area (Å²) in [4.78, 5) is 11.4. The van der Waals surface area contributed by atoms with Gasteiger partial charge in [0.1, 0.15) is 5.75 Å². The van der Waals surface area contributed by atoms with Crippen LogP contribution in [0, 0.1) is 13.8 Å². The van der Waals surface area contributed by atoms with E-state index in [1.807, 2.05) is 32.0 Å². The third-order valence-electron chi connectivity index (χ3n) is 2.36. The van der Waals surface area contributed by atoms with Gasteiger partial charge >= 0.3 is 0 Å². The van der Waals surface area contributed by atoms with Crippen molar-refractivity contribution in [1.29, 1.82) is 0 Å². The first-order valence-corrected chi connectivity index (χ1v) is 5.71. The molecule has 1 aromatic carbocycles. The Morgan fingerprint density at radius 3 is 2.88 bits per heavy atom. The predicted octanol–water partition coefficient (Wildman–Crippen LogP) is 2.37. The Hall–Kier alpha value is -1.77. The molecule has 0 saturated carbocycles. The van der Waals surface area contributed by atoms with Crippen molar-refractivity contribution < 1.29 is 9.53 Å². The van der Waals surface area contributed by atoms with Crippen LogP contribution in [0.4, 0.5) is 0 Å². The smallest absolute Gasteiger partial charge is 0.257 e. The van der Waals surface area contributed by atoms with E-state index in [0.717, 1.165) is 17.7 Å². The fourth-order valence-electron chi connectivity index (χ4n) is 1.47. The molecule has 0 aliphatic rings. The number of nitrogens with one attached hydrogen (secondary N) is 1. The van der Waals surface area contributed by atoms with Crippen molar-refractivity contribution >= 4 is 5.91 Å². The van der Waals surface area contributed by atoms with E-state index < -0.39 is 0 Å². The van der Waals surface area contributed by atoms with Gasteiger partial charge in [0.05, 0.1) is 0 Å². The number of ether oxygens (including phenoxy) is 1. The lowest BCUT2D eigenvalue weighted by Gasteiger charge is -2.09. The lowest BCUT2D eigenvalue weighted by atomic mass is 10.1. The summed E-state index contributed by atoms with van der Waals surface area (Å²) in [6.45, 7) is 8.25. The van der Waals surface area contributed by atoms with Crippen LogP contribution in [0.3, 0.4) is 0 Å². The third-order valence-corrected chi connectivity index (χ3v) is 2.36. The second-order valence-corrected chi connectivity index (χ2v) is 3.98. The third kappa shape index (κ3) is 4.72. The molecular formula is C14H19NO2. The van der Waals surface area contributed by atoms with Crippen LogP contribution < -0.4 is 10.1 Å². The molecule has 0 heterocycles. The normalized spacial score (nSPS) is 9.76. The quantitative estimate of drug-likeness (QED) is 0.605. The van der Waals surface area contributed by atoms with Gasteiger partial charge in [-0.3, -0.25) is 4.79 Å². The maximum absolute atomic E-state index is 11.4. The molecular weight excluding hydrogens is 214 g/mol. The number of rotatable bonds is 6. The molecule has 0 fully saturated rings. The molecule has 1 rings (SSSR count). The minimum atomic E-state index is -0.105. The summed E-state index contributed by atoms with van der Waals surface area (Å²) in [6, 6.07) is 5.89. The molecule has 0 unspecified atom stereocenters. The highest BCUT2D eigenvalue weighted by atomic mass is 16.5. The topological polar surface area (TPSA) is 38.3 Å². The van der Waals surface area contributed by atoms with Crippen LogP contribution in [0.1, 0.15) is 17.5 Å². The summed E-state index contributed by atoms with van der Waals surface area (Å²) in [6.07, 6.45) is 2.54. The fraction of sp³-hybridized carbons (Fsp3) is 0.357. The molecule has 17 heavy (non-hydrogen) atoms. The van der Waals surface area contributed by atoms with E-state index in [4.69, 9.17) is 4.74 Å². The Morgan fingerprint density at radius 2 is 2.24 bits per heavy atom. The van der Waals surface area contributed by atoms with E-state index in [1.165, 1.54) is 5.56 Å². The van der Waals surface area contributed by atoms with Crippen molar-refractivity contribution in [2.24, 2.45) is 0 Å². The number of carbonyl (C=O) groups excluding carboxylic acids is 1. The van der Waals surface area contributed by atoms with Gasteiger partial charge in [-0.05, 0) is 31.9 Å². The molecule has 1 amide bonds. The summed E-state index contributed by atoms with van der Waals surface area (Å²) >= 11 is 0. The van der Waals surface area contributed by atoms with Gasteiger partial charge in [0.2, 0.25) is 0 Å². The molecule has 0 spiro atoms. The molecule has 0 aliphatic carbocycles. The fourth-order valence-corrected chi connectivity index (χ4v) is 1.47. The monoisotopic (exact) mass is 233 g/mol. The van der Waals surface area contributed by atoms with Crippen molar-refractivity contribution in [2.75, 3.05) is 13.2 Å². The largest absolute Gasteiger partial charge is 0.484 e. The van der Waals surface area contributed by atoms with Gasteiger partial charge in [-0.15, -0.1) is 6.58 Å². The van der Waals surface area contributed by atoms with Crippen molar-refractivity contribution in [3.63, 3.8) is 0 Å². The second kappa shape index (κ2) is 6.74. The van der Waals surface area contributed by atoms with Gasteiger partial charge in [0.15, 0.2) is 6.61 Å². The SMILES string of the molecule is C=CCCNC(=O)COc1ccc(C)cc1C. The summed E-state index contributed by atoms with van der Waals surface area (Å²) in [5.74, 6) is 0.654. The number of hydrogen-bond acceptors (Lipinski definition) is 2. The van der Waals surface area contributed by atoms with Crippen LogP contribution in [-0.2, 0) is 4.79 Å². The average molecular weight is 233 g/mol. The molecule has 1 N–H and O–H groups in total. The molecule has 0 radical (unpaired) electrons. The Balaban J connectivity index is 2.39. The molecule has 3 heteroatoms. The highest BCUT2D eigenvalue weighted by molar-refractivity contribution is 5.77. The summed E-state index contributed by atoms with van der Waals surface area (Å²) in [5, 5.41) is 2.75. The molecule has 1 aromatic rings. The first kappa shape index (κ1) is 13.3. The van der Waals surface area contributed by atoms with Crippen LogP contribution in [0.5, 0.6) is 5.75 Å². The van der Waals surface area contributed by atoms with E-state index in [1.54, 1.807) is 6.08 Å². The minimum absolute atomic E-state index is 0.0566. The van der Waals surface area contributed by atoms with Crippen molar-refractivity contribution in [2.45, 2.75) is 20.3 Å². The van der Waals surface area contributed by atoms with E-state index in [2.05, 4.69) is 11.9 Å². The molecule has 0 aromatic heterocycles. The molecule has 3 nitrogen and oxygen atoms in total. The lowest BCUT2D eigenvalue weighted by Crippen LogP contribution is -2.29. The molecule has 0 bridgehead atoms. The van der Waals surface area contributed by atoms with Crippen LogP contribution in [0.2, 0.25) is 0 Å². The highest BCUT2D eigenvalue weighted by Gasteiger charge is 2.03. The van der Waals surface area contributed by atoms with Crippen LogP contribution in [-0.4, -0.2) is 19.1 Å². The van der Waals surface area contributed by atoms with Gasteiger partial charge < -0.3 is 10.1 Å². The lowest BCUT2D eigenvalue weighted by molar-refractivity contribution is -0.123. The Kier molecular flexibility index (Phi) is 5.27. The van der Waals surface area contributed by atoms with Crippen LogP contribution >= 0.6 is 0 Å². The van der Waals surface area contributed by atoms with Gasteiger partial charge in [0.25, 0.3) is 5.91 Å². The Labute approximate surface area is 102 Å². The first-order valence-electron chi connectivity index (χ1n) is 5.71. The van der Waals surface area contributed by atoms with Crippen molar-refractivity contribution in [3.05, 3.63) is 42.0 Å². The highest BCUT2D eigenvalue weighted by Crippen LogP contribution is 2.18. The van der Waals surface area contributed by atoms with Crippen LogP contribution in [0.15, 0.2) is 30.9 Å². The predicted molar refractivity (Wildman–Crippen MR) is 69.2 cm³/mol. The minimum Gasteiger partial charge on any atom is -0.484 e. The van der Waals surface area contributed by atoms with E-state index in [9.17, 15) is 4.79 Å². The van der Waals surface area contributed by atoms with Gasteiger partial charge in [-0.1, -0.05) is 23.8 Å². The van der Waals surface area contributed by atoms with Gasteiger partial charge in [0, 0.05) is 6.54 Å². The number of carbonyl (C=O) groups is 1. The maximum atomic E-state index is 11.4. The zero-order valence-electron chi connectivity index (χ0n) is 10.5. The van der Waals surface area contributed by atoms with Gasteiger partial charge in [-0.2, -0.15) is 0 Å². The van der Waals surface area contributed by atoms with Crippen LogP contribution in [0.25, 0.3) is 0 Å². The molecule has 0 aliphatic heterocycles. The average Bonchev–Trinajstić information content (AvgIpc) is 2.28. The van der Waals surface area contributed by atoms with E-state index in [0.29, 0.717) is 6.54 Å². The molecule has 92 valence electrons. The van der Waals surface area contributed by atoms with Crippen molar-refractivity contribution in [3.8, 4) is 5.75 Å². The zero-order chi connectivity index (χ0) is 12.7. The van der Waals surface area contributed by atoms with E-state index >= 15 is 0 Å². The summed E-state index contributed by atoms with van der Waals surface area (Å²) in [5.41, 5.74) is 2.23. The van der Waals surface area contributed by atoms with E-state index in [-0.39, 0.29) is 12.5 Å². The Morgan fingerprint density at radius 1 is 1.47 bits per heavy atom. The summed E-state index contributed by atoms with van der Waals surface area (Å²) in [7, 11) is 0.